The zero-order chi connectivity index (χ0) is 8.95. The second-order valence-corrected chi connectivity index (χ2v) is 2.23. The molecular weight excluding hydrogens is 144 g/mol. The summed E-state index contributed by atoms with van der Waals surface area (Å²) in [6.07, 6.45) is 3.45. The lowest BCUT2D eigenvalue weighted by Gasteiger charge is -1.90. The first-order valence-electron chi connectivity index (χ1n) is 4.16. The Hall–Kier alpha value is -0.120. The van der Waals surface area contributed by atoms with Crippen LogP contribution in [0.15, 0.2) is 0 Å². The molecule has 0 heterocycles. The normalized spacial score (nSPS) is 8.73. The summed E-state index contributed by atoms with van der Waals surface area (Å²) in [5.74, 6) is 0. The van der Waals surface area contributed by atoms with E-state index in [0.29, 0.717) is 6.61 Å². The molecule has 11 heavy (non-hydrogen) atoms. The molecule has 3 heteroatoms. The smallest absolute Gasteiger partial charge is 0.0431 e. The predicted octanol–water partition coefficient (Wildman–Crippen LogP) is 0.530. The Morgan fingerprint density at radius 1 is 0.727 bits per heavy atom. The highest BCUT2D eigenvalue weighted by Crippen LogP contribution is 1.90. The zero-order valence-electron chi connectivity index (χ0n) is 7.29. The molecule has 0 aliphatic rings. The Morgan fingerprint density at radius 2 is 1.09 bits per heavy atom. The molecule has 0 atom stereocenters. The lowest BCUT2D eigenvalue weighted by molar-refractivity contribution is 0.257. The van der Waals surface area contributed by atoms with Crippen LogP contribution in [-0.4, -0.2) is 35.1 Å². The number of unbranched alkanes of at least 4 members (excludes halogenated alkanes) is 2. The standard InChI is InChI=1S/C5H12O2.C3H8O/c6-4-2-1-3-5-7;1-2-3-4/h6-7H,1-5H2;4H,2-3H2,1H3. The molecule has 0 aliphatic heterocycles. The average molecular weight is 164 g/mol. The van der Waals surface area contributed by atoms with Crippen molar-refractivity contribution in [2.45, 2.75) is 32.6 Å². The number of hydrogen-bond donors (Lipinski definition) is 3. The fraction of sp³-hybridized carbons (Fsp3) is 1.00. The molecule has 70 valence electrons. The highest BCUT2D eigenvalue weighted by molar-refractivity contribution is 4.35. The lowest BCUT2D eigenvalue weighted by Crippen LogP contribution is -1.85. The van der Waals surface area contributed by atoms with Crippen molar-refractivity contribution in [3.8, 4) is 0 Å². The van der Waals surface area contributed by atoms with E-state index in [4.69, 9.17) is 15.3 Å². The van der Waals surface area contributed by atoms with Crippen molar-refractivity contribution < 1.29 is 15.3 Å². The molecule has 3 nitrogen and oxygen atoms in total. The molecular formula is C8H20O3. The highest BCUT2D eigenvalue weighted by Gasteiger charge is 1.81. The monoisotopic (exact) mass is 164 g/mol. The maximum Gasteiger partial charge on any atom is 0.0431 e. The average Bonchev–Trinajstić information content (AvgIpc) is 2.06. The van der Waals surface area contributed by atoms with Gasteiger partial charge in [0.25, 0.3) is 0 Å². The van der Waals surface area contributed by atoms with Crippen molar-refractivity contribution in [3.05, 3.63) is 0 Å². The van der Waals surface area contributed by atoms with Crippen molar-refractivity contribution in [2.24, 2.45) is 0 Å². The van der Waals surface area contributed by atoms with Crippen molar-refractivity contribution in [3.63, 3.8) is 0 Å². The van der Waals surface area contributed by atoms with Gasteiger partial charge in [0.1, 0.15) is 0 Å². The molecule has 0 rings (SSSR count). The fourth-order valence-electron chi connectivity index (χ4n) is 0.400. The third-order valence-corrected chi connectivity index (χ3v) is 1.04. The molecule has 0 aliphatic carbocycles. The van der Waals surface area contributed by atoms with Gasteiger partial charge in [0.2, 0.25) is 0 Å². The van der Waals surface area contributed by atoms with Gasteiger partial charge >= 0.3 is 0 Å². The third kappa shape index (κ3) is 25.8. The Morgan fingerprint density at radius 3 is 1.27 bits per heavy atom. The SMILES string of the molecule is CCCO.OCCCCCO. The van der Waals surface area contributed by atoms with Crippen LogP contribution in [0.5, 0.6) is 0 Å². The first-order valence-corrected chi connectivity index (χ1v) is 4.16. The van der Waals surface area contributed by atoms with Crippen molar-refractivity contribution >= 4 is 0 Å². The van der Waals surface area contributed by atoms with E-state index in [1.54, 1.807) is 0 Å². The Kier molecular flexibility index (Phi) is 20.2. The molecule has 0 fully saturated rings. The van der Waals surface area contributed by atoms with E-state index in [-0.39, 0.29) is 13.2 Å². The minimum Gasteiger partial charge on any atom is -0.396 e. The van der Waals surface area contributed by atoms with Crippen LogP contribution in [0.4, 0.5) is 0 Å². The minimum atomic E-state index is 0.250. The number of hydrogen-bond acceptors (Lipinski definition) is 3. The van der Waals surface area contributed by atoms with Gasteiger partial charge in [-0.2, -0.15) is 0 Å². The Balaban J connectivity index is 0. The van der Waals surface area contributed by atoms with Crippen LogP contribution in [0.3, 0.4) is 0 Å². The van der Waals surface area contributed by atoms with E-state index < -0.39 is 0 Å². The zero-order valence-corrected chi connectivity index (χ0v) is 7.29. The molecule has 0 amide bonds. The number of aliphatic hydroxyl groups is 3. The summed E-state index contributed by atoms with van der Waals surface area (Å²) in [5.41, 5.74) is 0. The molecule has 0 spiro atoms. The van der Waals surface area contributed by atoms with Crippen LogP contribution in [0.1, 0.15) is 32.6 Å². The summed E-state index contributed by atoms with van der Waals surface area (Å²) in [7, 11) is 0. The Bertz CT molecular complexity index is 42.6. The second-order valence-electron chi connectivity index (χ2n) is 2.23. The highest BCUT2D eigenvalue weighted by atomic mass is 16.3. The van der Waals surface area contributed by atoms with Crippen LogP contribution >= 0.6 is 0 Å². The van der Waals surface area contributed by atoms with Crippen LogP contribution in [0, 0.1) is 0 Å². The van der Waals surface area contributed by atoms with Gasteiger partial charge in [-0.25, -0.2) is 0 Å². The lowest BCUT2D eigenvalue weighted by atomic mass is 10.2. The van der Waals surface area contributed by atoms with Gasteiger partial charge in [-0.05, 0) is 25.7 Å². The maximum absolute atomic E-state index is 8.21. The second kappa shape index (κ2) is 16.5. The molecule has 3 N–H and O–H groups in total. The van der Waals surface area contributed by atoms with E-state index in [2.05, 4.69) is 0 Å². The molecule has 0 saturated heterocycles. The van der Waals surface area contributed by atoms with E-state index in [1.807, 2.05) is 6.92 Å². The summed E-state index contributed by atoms with van der Waals surface area (Å²) < 4.78 is 0. The van der Waals surface area contributed by atoms with Gasteiger partial charge in [-0.3, -0.25) is 0 Å². The van der Waals surface area contributed by atoms with Gasteiger partial charge in [0.15, 0.2) is 0 Å². The minimum absolute atomic E-state index is 0.250. The third-order valence-electron chi connectivity index (χ3n) is 1.04. The van der Waals surface area contributed by atoms with Gasteiger partial charge in [-0.1, -0.05) is 6.92 Å². The quantitative estimate of drug-likeness (QED) is 0.519. The van der Waals surface area contributed by atoms with Gasteiger partial charge < -0.3 is 15.3 Å². The molecule has 0 aromatic heterocycles. The number of aliphatic hydroxyl groups excluding tert-OH is 3. The molecule has 0 aromatic carbocycles. The first kappa shape index (κ1) is 13.5. The van der Waals surface area contributed by atoms with Crippen molar-refractivity contribution in [2.75, 3.05) is 19.8 Å². The summed E-state index contributed by atoms with van der Waals surface area (Å²) in [6.45, 7) is 2.75. The predicted molar refractivity (Wildman–Crippen MR) is 45.4 cm³/mol. The maximum atomic E-state index is 8.21. The topological polar surface area (TPSA) is 60.7 Å². The first-order chi connectivity index (χ1) is 5.33. The molecule has 0 radical (unpaired) electrons. The molecule has 0 aromatic rings. The summed E-state index contributed by atoms with van der Waals surface area (Å²) in [4.78, 5) is 0. The van der Waals surface area contributed by atoms with Gasteiger partial charge in [-0.15, -0.1) is 0 Å². The van der Waals surface area contributed by atoms with Crippen molar-refractivity contribution in [1.29, 1.82) is 0 Å². The van der Waals surface area contributed by atoms with E-state index in [0.717, 1.165) is 25.7 Å². The molecule has 0 saturated carbocycles. The van der Waals surface area contributed by atoms with Crippen LogP contribution in [0.2, 0.25) is 0 Å². The summed E-state index contributed by atoms with van der Waals surface area (Å²) >= 11 is 0. The molecule has 0 bridgehead atoms. The number of rotatable bonds is 5. The summed E-state index contributed by atoms with van der Waals surface area (Å²) in [5, 5.41) is 24.3. The largest absolute Gasteiger partial charge is 0.396 e. The van der Waals surface area contributed by atoms with Crippen molar-refractivity contribution in [1.82, 2.24) is 0 Å². The summed E-state index contributed by atoms with van der Waals surface area (Å²) in [6, 6.07) is 0. The van der Waals surface area contributed by atoms with Crippen LogP contribution in [0.25, 0.3) is 0 Å². The molecule has 0 unspecified atom stereocenters. The van der Waals surface area contributed by atoms with E-state index in [9.17, 15) is 0 Å². The Labute approximate surface area is 68.7 Å². The van der Waals surface area contributed by atoms with Crippen LogP contribution < -0.4 is 0 Å². The van der Waals surface area contributed by atoms with E-state index in [1.165, 1.54) is 0 Å². The fourth-order valence-corrected chi connectivity index (χ4v) is 0.400. The van der Waals surface area contributed by atoms with Gasteiger partial charge in [0.05, 0.1) is 0 Å². The van der Waals surface area contributed by atoms with Gasteiger partial charge in [0, 0.05) is 19.8 Å². The van der Waals surface area contributed by atoms with Crippen LogP contribution in [-0.2, 0) is 0 Å². The van der Waals surface area contributed by atoms with E-state index >= 15 is 0 Å².